The van der Waals surface area contributed by atoms with Crippen molar-refractivity contribution in [2.45, 2.75) is 152 Å². The number of unbranched alkanes of at least 4 members (excludes halogenated alkanes) is 2. The number of benzene rings is 1. The fraction of sp³-hybridized carbons (Fsp3) is 0.638. The maximum Gasteiger partial charge on any atom is 0.327 e. The molecule has 428 valence electrons. The number of carboxylic acid groups (broad SMARTS) is 1. The number of primary amides is 1. The van der Waals surface area contributed by atoms with Crippen LogP contribution in [0.15, 0.2) is 29.3 Å². The molecule has 0 heterocycles. The minimum atomic E-state index is -1.69. The Morgan fingerprint density at radius 1 is 0.605 bits per heavy atom. The summed E-state index contributed by atoms with van der Waals surface area (Å²) in [7, 11) is 0. The molecule has 1 aromatic carbocycles. The third-order valence-corrected chi connectivity index (χ3v) is 11.8. The maximum atomic E-state index is 14.3. The molecule has 0 aliphatic carbocycles. The molecule has 0 saturated heterocycles. The van der Waals surface area contributed by atoms with Crippen LogP contribution in [0.2, 0.25) is 0 Å². The number of aliphatic carboxylic acids is 1. The van der Waals surface area contributed by atoms with Crippen molar-refractivity contribution in [3.8, 4) is 5.75 Å². The van der Waals surface area contributed by atoms with Gasteiger partial charge in [0.1, 0.15) is 48.0 Å². The first-order chi connectivity index (χ1) is 35.8. The highest BCUT2D eigenvalue weighted by Crippen LogP contribution is 2.14. The number of aliphatic hydroxyl groups is 1. The Morgan fingerprint density at radius 3 is 1.62 bits per heavy atom. The number of hydrogen-bond donors (Lipinski definition) is 18. The number of aliphatic imine (C=N–C) groups is 1. The third-order valence-electron chi connectivity index (χ3n) is 11.4. The number of rotatable bonds is 38. The SMILES string of the molecule is CC(C)C[C@H](NC(=O)[C@H](CCCCN)NC(=O)[C@H](Cc1ccc(O)cc1)NC(=O)[C@H](CCC(N)=O)NC(=O)CNC(=O)[C@@H](NC(=O)[C@H](CCCN=C(N)N)NC(=O)[C@@H](N)CCCCN)[C@@H](C)O)C(=O)N[C@@H](CS)C(=O)O. The van der Waals surface area contributed by atoms with Gasteiger partial charge in [-0.15, -0.1) is 0 Å². The minimum absolute atomic E-state index is 0.00415. The molecule has 0 unspecified atom stereocenters. The van der Waals surface area contributed by atoms with Crippen LogP contribution in [0.25, 0.3) is 0 Å². The summed E-state index contributed by atoms with van der Waals surface area (Å²) in [5.41, 5.74) is 33.9. The predicted molar refractivity (Wildman–Crippen MR) is 283 cm³/mol. The predicted octanol–water partition coefficient (Wildman–Crippen LogP) is -5.21. The van der Waals surface area contributed by atoms with E-state index in [1.807, 2.05) is 0 Å². The molecule has 0 spiro atoms. The molecule has 9 atom stereocenters. The van der Waals surface area contributed by atoms with Gasteiger partial charge < -0.3 is 92.3 Å². The number of aromatic hydroxyl groups is 1. The highest BCUT2D eigenvalue weighted by atomic mass is 32.1. The number of nitrogens with two attached hydrogens (primary N) is 6. The van der Waals surface area contributed by atoms with Crippen LogP contribution in [-0.4, -0.2) is 167 Å². The number of nitrogens with one attached hydrogen (secondary N) is 8. The van der Waals surface area contributed by atoms with Crippen molar-refractivity contribution in [2.24, 2.45) is 45.3 Å². The van der Waals surface area contributed by atoms with Crippen LogP contribution in [0.1, 0.15) is 97.0 Å². The Morgan fingerprint density at radius 2 is 1.09 bits per heavy atom. The number of carbonyl (C=O) groups is 10. The van der Waals surface area contributed by atoms with E-state index >= 15 is 0 Å². The second-order valence-electron chi connectivity index (χ2n) is 18.5. The zero-order valence-corrected chi connectivity index (χ0v) is 44.3. The third kappa shape index (κ3) is 27.1. The zero-order chi connectivity index (χ0) is 57.5. The second kappa shape index (κ2) is 36.2. The smallest absolute Gasteiger partial charge is 0.327 e. The standard InChI is InChI=1S/C47H81N15O13S/c1-25(2)21-33(43(71)61-35(24-76)46(74)75)59-40(68)30(10-5-7-19-49)58-44(72)34(22-27-12-14-28(64)15-13-27)60-41(69)32(16-17-36(51)65)56-37(66)23-55-45(73)38(26(3)63)62-42(70)31(11-8-20-54-47(52)53)57-39(67)29(50)9-4-6-18-48/h12-15,25-26,29-35,38,63-64,76H,4-11,16-24,48-50H2,1-3H3,(H2,51,65)(H,55,73)(H,56,66)(H,57,67)(H,58,72)(H,59,68)(H,60,69)(H,61,71)(H,62,70)(H,74,75)(H4,52,53,54)/t26-,29+,30+,31+,32+,33+,34+,35+,38+/m1/s1. The van der Waals surface area contributed by atoms with Gasteiger partial charge >= 0.3 is 5.97 Å². The van der Waals surface area contributed by atoms with Crippen molar-refractivity contribution in [1.29, 1.82) is 0 Å². The molecule has 29 heteroatoms. The van der Waals surface area contributed by atoms with Gasteiger partial charge in [0.25, 0.3) is 0 Å². The number of aliphatic hydroxyl groups excluding tert-OH is 1. The van der Waals surface area contributed by atoms with Crippen LogP contribution in [0, 0.1) is 5.92 Å². The largest absolute Gasteiger partial charge is 0.508 e. The number of hydrogen-bond acceptors (Lipinski definition) is 17. The summed E-state index contributed by atoms with van der Waals surface area (Å²) in [6.07, 6.45) is -0.250. The molecule has 1 rings (SSSR count). The molecule has 23 N–H and O–H groups in total. The molecule has 0 bridgehead atoms. The van der Waals surface area contributed by atoms with E-state index in [-0.39, 0.29) is 75.0 Å². The van der Waals surface area contributed by atoms with Crippen LogP contribution in [0.3, 0.4) is 0 Å². The van der Waals surface area contributed by atoms with E-state index in [4.69, 9.17) is 34.4 Å². The van der Waals surface area contributed by atoms with Crippen molar-refractivity contribution in [1.82, 2.24) is 42.5 Å². The Balaban J connectivity index is 3.43. The van der Waals surface area contributed by atoms with Gasteiger partial charge in [-0.25, -0.2) is 4.79 Å². The summed E-state index contributed by atoms with van der Waals surface area (Å²) >= 11 is 3.98. The van der Waals surface area contributed by atoms with Gasteiger partial charge in [-0.05, 0) is 101 Å². The van der Waals surface area contributed by atoms with E-state index < -0.39 is 133 Å². The first-order valence-electron chi connectivity index (χ1n) is 25.0. The normalized spacial score (nSPS) is 14.6. The highest BCUT2D eigenvalue weighted by Gasteiger charge is 2.34. The average Bonchev–Trinajstić information content (AvgIpc) is 3.35. The lowest BCUT2D eigenvalue weighted by Crippen LogP contribution is -2.60. The maximum absolute atomic E-state index is 14.3. The zero-order valence-electron chi connectivity index (χ0n) is 43.4. The number of phenols is 1. The summed E-state index contributed by atoms with van der Waals surface area (Å²) in [6.45, 7) is 4.57. The Labute approximate surface area is 447 Å². The lowest BCUT2D eigenvalue weighted by molar-refractivity contribution is -0.141. The number of thiol groups is 1. The molecule has 76 heavy (non-hydrogen) atoms. The number of carboxylic acids is 1. The van der Waals surface area contributed by atoms with Crippen LogP contribution >= 0.6 is 12.6 Å². The van der Waals surface area contributed by atoms with Gasteiger partial charge in [0.2, 0.25) is 53.2 Å². The van der Waals surface area contributed by atoms with Gasteiger partial charge in [0, 0.05) is 25.1 Å². The number of phenolic OH excluding ortho intramolecular Hbond substituents is 1. The van der Waals surface area contributed by atoms with E-state index in [9.17, 15) is 63.3 Å². The minimum Gasteiger partial charge on any atom is -0.508 e. The van der Waals surface area contributed by atoms with Crippen molar-refractivity contribution < 1.29 is 63.3 Å². The number of guanidine groups is 1. The molecular formula is C47H81N15O13S. The quantitative estimate of drug-likeness (QED) is 0.0127. The highest BCUT2D eigenvalue weighted by molar-refractivity contribution is 7.80. The first-order valence-corrected chi connectivity index (χ1v) is 25.6. The lowest BCUT2D eigenvalue weighted by atomic mass is 10.0. The van der Waals surface area contributed by atoms with E-state index in [2.05, 4.69) is 60.2 Å². The van der Waals surface area contributed by atoms with Crippen molar-refractivity contribution in [3.05, 3.63) is 29.8 Å². The van der Waals surface area contributed by atoms with Crippen molar-refractivity contribution in [3.63, 3.8) is 0 Å². The molecular weight excluding hydrogens is 1010 g/mol. The van der Waals surface area contributed by atoms with E-state index in [0.29, 0.717) is 37.8 Å². The number of carbonyl (C=O) groups excluding carboxylic acids is 9. The van der Waals surface area contributed by atoms with Crippen molar-refractivity contribution >= 4 is 77.7 Å². The topological polar surface area (TPSA) is 496 Å². The van der Waals surface area contributed by atoms with Gasteiger partial charge in [0.15, 0.2) is 5.96 Å². The van der Waals surface area contributed by atoms with Crippen LogP contribution < -0.4 is 76.9 Å². The molecule has 28 nitrogen and oxygen atoms in total. The van der Waals surface area contributed by atoms with E-state index in [0.717, 1.165) is 0 Å². The van der Waals surface area contributed by atoms with E-state index in [1.165, 1.54) is 31.2 Å². The van der Waals surface area contributed by atoms with Crippen LogP contribution in [0.4, 0.5) is 0 Å². The summed E-state index contributed by atoms with van der Waals surface area (Å²) in [6, 6.07) is -5.43. The monoisotopic (exact) mass is 1100 g/mol. The second-order valence-corrected chi connectivity index (χ2v) is 18.9. The van der Waals surface area contributed by atoms with Crippen molar-refractivity contribution in [2.75, 3.05) is 31.9 Å². The Bertz CT molecular complexity index is 2100. The van der Waals surface area contributed by atoms with Crippen LogP contribution in [0.5, 0.6) is 5.75 Å². The molecule has 0 aliphatic rings. The summed E-state index contributed by atoms with van der Waals surface area (Å²) in [4.78, 5) is 136. The molecule has 1 aromatic rings. The summed E-state index contributed by atoms with van der Waals surface area (Å²) in [5, 5.41) is 49.7. The average molecular weight is 1100 g/mol. The first kappa shape index (κ1) is 67.2. The van der Waals surface area contributed by atoms with E-state index in [1.54, 1.807) is 13.8 Å². The molecule has 9 amide bonds. The molecule has 0 fully saturated rings. The Kier molecular flexibility index (Phi) is 32.0. The molecule has 0 radical (unpaired) electrons. The lowest BCUT2D eigenvalue weighted by Gasteiger charge is -2.27. The van der Waals surface area contributed by atoms with Gasteiger partial charge in [0.05, 0.1) is 18.7 Å². The van der Waals surface area contributed by atoms with Gasteiger partial charge in [-0.1, -0.05) is 32.4 Å². The van der Waals surface area contributed by atoms with Gasteiger partial charge in [-0.3, -0.25) is 48.1 Å². The summed E-state index contributed by atoms with van der Waals surface area (Å²) < 4.78 is 0. The summed E-state index contributed by atoms with van der Waals surface area (Å²) in [5.74, 6) is -10.1. The fourth-order valence-corrected chi connectivity index (χ4v) is 7.49. The number of nitrogens with zero attached hydrogens (tertiary/aromatic N) is 1. The fourth-order valence-electron chi connectivity index (χ4n) is 7.24. The molecule has 0 aromatic heterocycles. The Hall–Kier alpha value is -6.82. The molecule has 0 aliphatic heterocycles. The van der Waals surface area contributed by atoms with Gasteiger partial charge in [-0.2, -0.15) is 12.6 Å². The number of amides is 9. The van der Waals surface area contributed by atoms with Crippen LogP contribution in [-0.2, 0) is 54.4 Å². The molecule has 0 saturated carbocycles.